The summed E-state index contributed by atoms with van der Waals surface area (Å²) < 4.78 is 5.68. The zero-order valence-corrected chi connectivity index (χ0v) is 12.5. The summed E-state index contributed by atoms with van der Waals surface area (Å²) >= 11 is 3.17. The van der Waals surface area contributed by atoms with Crippen LogP contribution in [0, 0.1) is 5.41 Å². The van der Waals surface area contributed by atoms with Crippen molar-refractivity contribution in [2.45, 2.75) is 38.5 Å². The Bertz CT molecular complexity index is 489. The molecular formula is C15H17BrO3. The summed E-state index contributed by atoms with van der Waals surface area (Å²) in [5.74, 6) is 0.538. The van der Waals surface area contributed by atoms with E-state index in [0.29, 0.717) is 16.7 Å². The molecule has 1 saturated carbocycles. The highest BCUT2D eigenvalue weighted by Crippen LogP contribution is 2.49. The number of hydrogen-bond acceptors (Lipinski definition) is 3. The number of hydrogen-bond donors (Lipinski definition) is 0. The fourth-order valence-corrected chi connectivity index (χ4v) is 3.18. The van der Waals surface area contributed by atoms with Crippen molar-refractivity contribution in [1.29, 1.82) is 0 Å². The van der Waals surface area contributed by atoms with E-state index >= 15 is 0 Å². The van der Waals surface area contributed by atoms with E-state index in [0.717, 1.165) is 31.1 Å². The maximum atomic E-state index is 12.2. The molecule has 1 aliphatic carbocycles. The van der Waals surface area contributed by atoms with E-state index in [9.17, 15) is 9.59 Å². The molecule has 0 aliphatic heterocycles. The molecule has 0 radical (unpaired) electrons. The highest BCUT2D eigenvalue weighted by molar-refractivity contribution is 9.12. The maximum Gasteiger partial charge on any atom is 0.156 e. The SMILES string of the molecule is C[C@]1(CC/C=C(\Br)C=O)C(=O)CC[C@@H]1c1ccoc1. The molecule has 3 nitrogen and oxygen atoms in total. The van der Waals surface area contributed by atoms with Crippen LogP contribution < -0.4 is 0 Å². The highest BCUT2D eigenvalue weighted by atomic mass is 79.9. The lowest BCUT2D eigenvalue weighted by Gasteiger charge is -2.29. The van der Waals surface area contributed by atoms with E-state index < -0.39 is 0 Å². The van der Waals surface area contributed by atoms with Crippen LogP contribution in [0.25, 0.3) is 0 Å². The smallest absolute Gasteiger partial charge is 0.156 e. The molecular weight excluding hydrogens is 308 g/mol. The summed E-state index contributed by atoms with van der Waals surface area (Å²) in [5.41, 5.74) is 0.753. The van der Waals surface area contributed by atoms with Crippen molar-refractivity contribution in [2.24, 2.45) is 5.41 Å². The van der Waals surface area contributed by atoms with Crippen molar-refractivity contribution < 1.29 is 14.0 Å². The molecule has 0 saturated heterocycles. The van der Waals surface area contributed by atoms with Crippen LogP contribution in [0.4, 0.5) is 0 Å². The van der Waals surface area contributed by atoms with E-state index in [1.807, 2.05) is 19.1 Å². The molecule has 1 aromatic rings. The van der Waals surface area contributed by atoms with Crippen LogP contribution in [-0.2, 0) is 9.59 Å². The van der Waals surface area contributed by atoms with Gasteiger partial charge in [-0.05, 0) is 52.7 Å². The molecule has 102 valence electrons. The van der Waals surface area contributed by atoms with E-state index in [2.05, 4.69) is 15.9 Å². The second-order valence-electron chi connectivity index (χ2n) is 5.23. The first-order chi connectivity index (χ1) is 9.08. The Balaban J connectivity index is 2.13. The predicted octanol–water partition coefficient (Wildman–Crippen LogP) is 3.99. The molecule has 1 heterocycles. The van der Waals surface area contributed by atoms with Crippen molar-refractivity contribution >= 4 is 28.0 Å². The minimum atomic E-state index is -0.351. The maximum absolute atomic E-state index is 12.2. The van der Waals surface area contributed by atoms with Gasteiger partial charge in [0, 0.05) is 11.8 Å². The highest BCUT2D eigenvalue weighted by Gasteiger charge is 2.46. The molecule has 0 aromatic carbocycles. The van der Waals surface area contributed by atoms with Crippen molar-refractivity contribution in [1.82, 2.24) is 0 Å². The average Bonchev–Trinajstić information content (AvgIpc) is 3.00. The van der Waals surface area contributed by atoms with Crippen LogP contribution in [0.3, 0.4) is 0 Å². The van der Waals surface area contributed by atoms with Crippen molar-refractivity contribution in [2.75, 3.05) is 0 Å². The van der Waals surface area contributed by atoms with Gasteiger partial charge < -0.3 is 4.42 Å². The summed E-state index contributed by atoms with van der Waals surface area (Å²) in [6, 6.07) is 1.94. The molecule has 19 heavy (non-hydrogen) atoms. The number of aldehydes is 1. The third-order valence-corrected chi connectivity index (χ3v) is 4.64. The third-order valence-electron chi connectivity index (χ3n) is 4.13. The Morgan fingerprint density at radius 3 is 3.05 bits per heavy atom. The molecule has 0 bridgehead atoms. The fraction of sp³-hybridized carbons (Fsp3) is 0.467. The molecule has 0 amide bonds. The van der Waals surface area contributed by atoms with Gasteiger partial charge in [0.25, 0.3) is 0 Å². The lowest BCUT2D eigenvalue weighted by Crippen LogP contribution is -2.27. The first-order valence-corrected chi connectivity index (χ1v) is 7.23. The van der Waals surface area contributed by atoms with Crippen LogP contribution in [0.2, 0.25) is 0 Å². The van der Waals surface area contributed by atoms with Crippen molar-refractivity contribution in [3.8, 4) is 0 Å². The largest absolute Gasteiger partial charge is 0.472 e. The minimum absolute atomic E-state index is 0.224. The van der Waals surface area contributed by atoms with E-state index in [1.165, 1.54) is 0 Å². The molecule has 1 fully saturated rings. The van der Waals surface area contributed by atoms with Crippen LogP contribution in [0.15, 0.2) is 33.6 Å². The van der Waals surface area contributed by atoms with Gasteiger partial charge in [-0.3, -0.25) is 9.59 Å². The Kier molecular flexibility index (Phi) is 4.40. The van der Waals surface area contributed by atoms with E-state index in [4.69, 9.17) is 4.42 Å². The van der Waals surface area contributed by atoms with Gasteiger partial charge in [-0.1, -0.05) is 13.0 Å². The van der Waals surface area contributed by atoms with Crippen LogP contribution in [0.5, 0.6) is 0 Å². The average molecular weight is 325 g/mol. The van der Waals surface area contributed by atoms with Gasteiger partial charge in [0.15, 0.2) is 6.29 Å². The monoisotopic (exact) mass is 324 g/mol. The molecule has 1 aromatic heterocycles. The number of carbonyl (C=O) groups excluding carboxylic acids is 2. The predicted molar refractivity (Wildman–Crippen MR) is 76.1 cm³/mol. The molecule has 1 aliphatic rings. The Morgan fingerprint density at radius 1 is 1.63 bits per heavy atom. The fourth-order valence-electron chi connectivity index (χ4n) is 2.95. The lowest BCUT2D eigenvalue weighted by molar-refractivity contribution is -0.125. The van der Waals surface area contributed by atoms with Gasteiger partial charge in [0.2, 0.25) is 0 Å². The summed E-state index contributed by atoms with van der Waals surface area (Å²) in [6.45, 7) is 2.03. The number of allylic oxidation sites excluding steroid dienone is 2. The zero-order valence-electron chi connectivity index (χ0n) is 10.9. The van der Waals surface area contributed by atoms with E-state index in [1.54, 1.807) is 12.5 Å². The van der Waals surface area contributed by atoms with Crippen LogP contribution in [0.1, 0.15) is 44.1 Å². The summed E-state index contributed by atoms with van der Waals surface area (Å²) in [7, 11) is 0. The molecule has 4 heteroatoms. The first kappa shape index (κ1) is 14.3. The Hall–Kier alpha value is -1.16. The second kappa shape index (κ2) is 5.87. The zero-order chi connectivity index (χ0) is 13.9. The van der Waals surface area contributed by atoms with Crippen molar-refractivity contribution in [3.05, 3.63) is 34.7 Å². The normalized spacial score (nSPS) is 27.8. The number of rotatable bonds is 5. The minimum Gasteiger partial charge on any atom is -0.472 e. The van der Waals surface area contributed by atoms with Crippen LogP contribution in [-0.4, -0.2) is 12.1 Å². The Labute approximate surface area is 121 Å². The lowest BCUT2D eigenvalue weighted by atomic mass is 9.73. The van der Waals surface area contributed by atoms with E-state index in [-0.39, 0.29) is 11.3 Å². The third kappa shape index (κ3) is 2.89. The molecule has 0 spiro atoms. The van der Waals surface area contributed by atoms with Gasteiger partial charge in [0.05, 0.1) is 17.0 Å². The number of halogens is 1. The molecule has 2 atom stereocenters. The second-order valence-corrected chi connectivity index (χ2v) is 6.15. The summed E-state index contributed by atoms with van der Waals surface area (Å²) in [5, 5.41) is 0. The topological polar surface area (TPSA) is 47.3 Å². The number of carbonyl (C=O) groups is 2. The Morgan fingerprint density at radius 2 is 2.42 bits per heavy atom. The summed E-state index contributed by atoms with van der Waals surface area (Å²) in [4.78, 5) is 22.7. The first-order valence-electron chi connectivity index (χ1n) is 6.44. The van der Waals surface area contributed by atoms with Crippen LogP contribution >= 0.6 is 15.9 Å². The van der Waals surface area contributed by atoms with Gasteiger partial charge in [-0.15, -0.1) is 0 Å². The van der Waals surface area contributed by atoms with Gasteiger partial charge in [-0.2, -0.15) is 0 Å². The molecule has 0 unspecified atom stereocenters. The number of ketones is 1. The quantitative estimate of drug-likeness (QED) is 0.607. The van der Waals surface area contributed by atoms with Crippen molar-refractivity contribution in [3.63, 3.8) is 0 Å². The van der Waals surface area contributed by atoms with Gasteiger partial charge in [-0.25, -0.2) is 0 Å². The standard InChI is InChI=1S/C15H17BrO3/c1-15(7-2-3-12(16)9-17)13(4-5-14(15)18)11-6-8-19-10-11/h3,6,8-10,13H,2,4-5,7H2,1H3/b12-3-/t13-,15-/m1/s1. The number of Topliss-reactive ketones (excluding diaryl/α,β-unsaturated/α-hetero) is 1. The van der Waals surface area contributed by atoms with Gasteiger partial charge in [0.1, 0.15) is 5.78 Å². The molecule has 0 N–H and O–H groups in total. The van der Waals surface area contributed by atoms with Gasteiger partial charge >= 0.3 is 0 Å². The molecule has 2 rings (SSSR count). The number of furan rings is 1. The summed E-state index contributed by atoms with van der Waals surface area (Å²) in [6.07, 6.45) is 8.97.